The van der Waals surface area contributed by atoms with Crippen molar-refractivity contribution in [1.29, 1.82) is 0 Å². The summed E-state index contributed by atoms with van der Waals surface area (Å²) in [5, 5.41) is 6.07. The summed E-state index contributed by atoms with van der Waals surface area (Å²) in [7, 11) is 1.91. The quantitative estimate of drug-likeness (QED) is 0.772. The molecule has 4 N–H and O–H groups in total. The standard InChI is InChI=1S/C15H18F2N6/c1-19-9-7-23(8-9)14-5-13(21-15(18)22-14)20-6-10-11(16)3-2-4-12(10)17/h2-5,9,19H,6-8H2,1H3,(H3,18,20,21,22). The summed E-state index contributed by atoms with van der Waals surface area (Å²) in [4.78, 5) is 10.3. The van der Waals surface area contributed by atoms with Crippen LogP contribution in [0.25, 0.3) is 0 Å². The van der Waals surface area contributed by atoms with E-state index in [1.807, 2.05) is 11.9 Å². The Morgan fingerprint density at radius 2 is 1.96 bits per heavy atom. The molecule has 0 bridgehead atoms. The van der Waals surface area contributed by atoms with Crippen molar-refractivity contribution in [3.63, 3.8) is 0 Å². The largest absolute Gasteiger partial charge is 0.368 e. The van der Waals surface area contributed by atoms with Crippen molar-refractivity contribution in [2.75, 3.05) is 36.1 Å². The zero-order valence-electron chi connectivity index (χ0n) is 12.7. The van der Waals surface area contributed by atoms with Gasteiger partial charge in [-0.15, -0.1) is 0 Å². The van der Waals surface area contributed by atoms with Gasteiger partial charge in [-0.2, -0.15) is 9.97 Å². The Morgan fingerprint density at radius 1 is 1.26 bits per heavy atom. The summed E-state index contributed by atoms with van der Waals surface area (Å²) in [6.07, 6.45) is 0. The molecule has 1 saturated heterocycles. The average molecular weight is 320 g/mol. The van der Waals surface area contributed by atoms with Crippen LogP contribution in [0.4, 0.5) is 26.4 Å². The van der Waals surface area contributed by atoms with Crippen molar-refractivity contribution < 1.29 is 8.78 Å². The van der Waals surface area contributed by atoms with Gasteiger partial charge in [-0.3, -0.25) is 0 Å². The van der Waals surface area contributed by atoms with E-state index in [4.69, 9.17) is 5.73 Å². The Kier molecular flexibility index (Phi) is 4.24. The summed E-state index contributed by atoms with van der Waals surface area (Å²) in [5.41, 5.74) is 5.68. The van der Waals surface area contributed by atoms with Crippen molar-refractivity contribution in [2.24, 2.45) is 0 Å². The molecule has 0 radical (unpaired) electrons. The molecule has 0 amide bonds. The predicted octanol–water partition coefficient (Wildman–Crippen LogP) is 1.36. The zero-order valence-corrected chi connectivity index (χ0v) is 12.7. The molecule has 0 unspecified atom stereocenters. The van der Waals surface area contributed by atoms with E-state index >= 15 is 0 Å². The molecule has 122 valence electrons. The van der Waals surface area contributed by atoms with Gasteiger partial charge < -0.3 is 21.3 Å². The topological polar surface area (TPSA) is 79.1 Å². The minimum Gasteiger partial charge on any atom is -0.368 e. The minimum atomic E-state index is -0.598. The number of nitrogen functional groups attached to an aromatic ring is 1. The molecule has 2 aromatic rings. The van der Waals surface area contributed by atoms with Crippen molar-refractivity contribution in [3.05, 3.63) is 41.5 Å². The first-order chi connectivity index (χ1) is 11.1. The highest BCUT2D eigenvalue weighted by Gasteiger charge is 2.26. The molecule has 1 aliphatic rings. The Labute approximate surface area is 132 Å². The summed E-state index contributed by atoms with van der Waals surface area (Å²) < 4.78 is 27.3. The molecule has 8 heteroatoms. The number of likely N-dealkylation sites (N-methyl/N-ethyl adjacent to an activating group) is 1. The lowest BCUT2D eigenvalue weighted by Crippen LogP contribution is -2.57. The van der Waals surface area contributed by atoms with Crippen LogP contribution < -0.4 is 21.3 Å². The van der Waals surface area contributed by atoms with Crippen molar-refractivity contribution >= 4 is 17.6 Å². The maximum Gasteiger partial charge on any atom is 0.223 e. The molecule has 2 heterocycles. The number of rotatable bonds is 5. The molecule has 1 aliphatic heterocycles. The van der Waals surface area contributed by atoms with Gasteiger partial charge in [-0.05, 0) is 19.2 Å². The fourth-order valence-electron chi connectivity index (χ4n) is 2.43. The van der Waals surface area contributed by atoms with Gasteiger partial charge in [0.1, 0.15) is 23.3 Å². The van der Waals surface area contributed by atoms with Crippen molar-refractivity contribution in [3.8, 4) is 0 Å². The maximum absolute atomic E-state index is 13.6. The summed E-state index contributed by atoms with van der Waals surface area (Å²) in [6, 6.07) is 5.92. The van der Waals surface area contributed by atoms with E-state index in [1.165, 1.54) is 18.2 Å². The molecular formula is C15H18F2N6. The lowest BCUT2D eigenvalue weighted by Gasteiger charge is -2.40. The Morgan fingerprint density at radius 3 is 2.61 bits per heavy atom. The summed E-state index contributed by atoms with van der Waals surface area (Å²) >= 11 is 0. The first-order valence-electron chi connectivity index (χ1n) is 7.30. The van der Waals surface area contributed by atoms with E-state index in [1.54, 1.807) is 6.07 Å². The van der Waals surface area contributed by atoms with Crippen LogP contribution in [0.5, 0.6) is 0 Å². The lowest BCUT2D eigenvalue weighted by atomic mass is 10.1. The Hall–Kier alpha value is -2.48. The van der Waals surface area contributed by atoms with E-state index < -0.39 is 11.6 Å². The fourth-order valence-corrected chi connectivity index (χ4v) is 2.43. The molecule has 1 fully saturated rings. The first-order valence-corrected chi connectivity index (χ1v) is 7.30. The second kappa shape index (κ2) is 6.33. The van der Waals surface area contributed by atoms with Gasteiger partial charge >= 0.3 is 0 Å². The predicted molar refractivity (Wildman–Crippen MR) is 85.2 cm³/mol. The van der Waals surface area contributed by atoms with Crippen molar-refractivity contribution in [2.45, 2.75) is 12.6 Å². The molecule has 0 atom stereocenters. The van der Waals surface area contributed by atoms with Gasteiger partial charge in [0.15, 0.2) is 0 Å². The van der Waals surface area contributed by atoms with E-state index in [2.05, 4.69) is 20.6 Å². The lowest BCUT2D eigenvalue weighted by molar-refractivity contribution is 0.447. The highest BCUT2D eigenvalue weighted by atomic mass is 19.1. The maximum atomic E-state index is 13.6. The highest BCUT2D eigenvalue weighted by molar-refractivity contribution is 5.54. The smallest absolute Gasteiger partial charge is 0.223 e. The first kappa shape index (κ1) is 15.4. The molecule has 1 aromatic heterocycles. The SMILES string of the molecule is CNC1CN(c2cc(NCc3c(F)cccc3F)nc(N)n2)C1. The monoisotopic (exact) mass is 320 g/mol. The van der Waals surface area contributed by atoms with Gasteiger partial charge in [0, 0.05) is 37.3 Å². The molecule has 23 heavy (non-hydrogen) atoms. The third-order valence-electron chi connectivity index (χ3n) is 3.85. The van der Waals surface area contributed by atoms with Gasteiger partial charge in [-0.1, -0.05) is 6.07 Å². The van der Waals surface area contributed by atoms with Crippen LogP contribution in [-0.2, 0) is 6.54 Å². The summed E-state index contributed by atoms with van der Waals surface area (Å²) in [6.45, 7) is 1.64. The molecule has 0 aliphatic carbocycles. The van der Waals surface area contributed by atoms with Gasteiger partial charge in [-0.25, -0.2) is 8.78 Å². The van der Waals surface area contributed by atoms with Gasteiger partial charge in [0.05, 0.1) is 0 Å². The normalized spacial score (nSPS) is 14.7. The number of nitrogens with two attached hydrogens (primary N) is 1. The van der Waals surface area contributed by atoms with Crippen LogP contribution >= 0.6 is 0 Å². The number of aromatic nitrogens is 2. The summed E-state index contributed by atoms with van der Waals surface area (Å²) in [5.74, 6) is 0.0502. The molecular weight excluding hydrogens is 302 g/mol. The van der Waals surface area contributed by atoms with Crippen LogP contribution in [0.1, 0.15) is 5.56 Å². The van der Waals surface area contributed by atoms with Crippen LogP contribution in [0.15, 0.2) is 24.3 Å². The Balaban J connectivity index is 1.72. The van der Waals surface area contributed by atoms with Crippen molar-refractivity contribution in [1.82, 2.24) is 15.3 Å². The van der Waals surface area contributed by atoms with Crippen LogP contribution in [0, 0.1) is 11.6 Å². The number of nitrogens with zero attached hydrogens (tertiary/aromatic N) is 3. The van der Waals surface area contributed by atoms with Crippen LogP contribution in [-0.4, -0.2) is 36.1 Å². The number of hydrogen-bond acceptors (Lipinski definition) is 6. The van der Waals surface area contributed by atoms with E-state index in [0.717, 1.165) is 13.1 Å². The van der Waals surface area contributed by atoms with E-state index in [9.17, 15) is 8.78 Å². The second-order valence-electron chi connectivity index (χ2n) is 5.41. The Bertz CT molecular complexity index is 682. The molecule has 0 spiro atoms. The van der Waals surface area contributed by atoms with E-state index in [-0.39, 0.29) is 18.1 Å². The van der Waals surface area contributed by atoms with Gasteiger partial charge in [0.2, 0.25) is 5.95 Å². The number of anilines is 3. The molecule has 3 rings (SSSR count). The molecule has 1 aromatic carbocycles. The third kappa shape index (κ3) is 3.31. The second-order valence-corrected chi connectivity index (χ2v) is 5.41. The highest BCUT2D eigenvalue weighted by Crippen LogP contribution is 2.22. The fraction of sp³-hybridized carbons (Fsp3) is 0.333. The minimum absolute atomic E-state index is 0.0203. The van der Waals surface area contributed by atoms with Crippen LogP contribution in [0.3, 0.4) is 0 Å². The number of halogens is 2. The van der Waals surface area contributed by atoms with E-state index in [0.29, 0.717) is 17.7 Å². The zero-order chi connectivity index (χ0) is 16.4. The number of benzene rings is 1. The number of nitrogens with one attached hydrogen (secondary N) is 2. The third-order valence-corrected chi connectivity index (χ3v) is 3.85. The van der Waals surface area contributed by atoms with Crippen LogP contribution in [0.2, 0.25) is 0 Å². The molecule has 0 saturated carbocycles. The number of hydrogen-bond donors (Lipinski definition) is 3. The van der Waals surface area contributed by atoms with Gasteiger partial charge in [0.25, 0.3) is 0 Å². The average Bonchev–Trinajstić information content (AvgIpc) is 2.45. The molecule has 6 nitrogen and oxygen atoms in total.